The number of nitrogens with one attached hydrogen (secondary N) is 2. The van der Waals surface area contributed by atoms with Crippen molar-refractivity contribution < 1.29 is 24.2 Å². The van der Waals surface area contributed by atoms with E-state index in [0.717, 1.165) is 29.5 Å². The molecule has 0 bridgehead atoms. The van der Waals surface area contributed by atoms with Crippen LogP contribution >= 0.6 is 0 Å². The van der Waals surface area contributed by atoms with E-state index in [1.54, 1.807) is 20.8 Å². The average Bonchev–Trinajstić information content (AvgIpc) is 2.66. The van der Waals surface area contributed by atoms with Gasteiger partial charge in [-0.25, -0.2) is 4.79 Å². The van der Waals surface area contributed by atoms with Gasteiger partial charge in [0.2, 0.25) is 11.8 Å². The van der Waals surface area contributed by atoms with E-state index < -0.39 is 36.3 Å². The van der Waals surface area contributed by atoms with E-state index in [9.17, 15) is 19.5 Å². The first-order valence-electron chi connectivity index (χ1n) is 10.6. The third-order valence-corrected chi connectivity index (χ3v) is 4.80. The number of nitrogens with zero attached hydrogens (tertiary/aromatic N) is 1. The second-order valence-electron chi connectivity index (χ2n) is 8.68. The SMILES string of the molecule is CCCCNC(=O)C(c1c(C)cccc1C)N(C)C(=O)C(CO)NC(=O)OC(C)(C)C. The van der Waals surface area contributed by atoms with Crippen molar-refractivity contribution in [3.63, 3.8) is 0 Å². The minimum Gasteiger partial charge on any atom is -0.444 e. The van der Waals surface area contributed by atoms with E-state index in [1.165, 1.54) is 11.9 Å². The maximum absolute atomic E-state index is 13.2. The molecule has 1 rings (SSSR count). The third-order valence-electron chi connectivity index (χ3n) is 4.80. The summed E-state index contributed by atoms with van der Waals surface area (Å²) in [6, 6.07) is 3.52. The number of rotatable bonds is 9. The molecule has 0 fully saturated rings. The molecule has 0 radical (unpaired) electrons. The van der Waals surface area contributed by atoms with Gasteiger partial charge in [-0.15, -0.1) is 0 Å². The van der Waals surface area contributed by atoms with Gasteiger partial charge >= 0.3 is 6.09 Å². The molecule has 1 aromatic carbocycles. The molecule has 3 N–H and O–H groups in total. The van der Waals surface area contributed by atoms with Crippen LogP contribution in [0.4, 0.5) is 4.79 Å². The Morgan fingerprint density at radius 1 is 1.16 bits per heavy atom. The number of likely N-dealkylation sites (N-methyl/N-ethyl adjacent to an activating group) is 1. The second-order valence-corrected chi connectivity index (χ2v) is 8.68. The number of unbranched alkanes of at least 4 members (excludes halogenated alkanes) is 1. The van der Waals surface area contributed by atoms with Gasteiger partial charge in [-0.1, -0.05) is 31.5 Å². The quantitative estimate of drug-likeness (QED) is 0.517. The lowest BCUT2D eigenvalue weighted by Gasteiger charge is -2.32. The molecule has 0 aromatic heterocycles. The molecule has 0 spiro atoms. The lowest BCUT2D eigenvalue weighted by atomic mass is 9.94. The Balaban J connectivity index is 3.20. The van der Waals surface area contributed by atoms with Gasteiger partial charge in [-0.05, 0) is 57.7 Å². The zero-order valence-electron chi connectivity index (χ0n) is 19.7. The van der Waals surface area contributed by atoms with E-state index >= 15 is 0 Å². The second kappa shape index (κ2) is 11.7. The van der Waals surface area contributed by atoms with Gasteiger partial charge in [-0.2, -0.15) is 0 Å². The monoisotopic (exact) mass is 435 g/mol. The van der Waals surface area contributed by atoms with Crippen molar-refractivity contribution in [1.82, 2.24) is 15.5 Å². The van der Waals surface area contributed by atoms with Crippen LogP contribution in [0, 0.1) is 13.8 Å². The highest BCUT2D eigenvalue weighted by Crippen LogP contribution is 2.27. The predicted octanol–water partition coefficient (Wildman–Crippen LogP) is 2.60. The summed E-state index contributed by atoms with van der Waals surface area (Å²) in [6.07, 6.45) is 0.932. The van der Waals surface area contributed by atoms with Crippen LogP contribution in [0.25, 0.3) is 0 Å². The van der Waals surface area contributed by atoms with Gasteiger partial charge < -0.3 is 25.4 Å². The van der Waals surface area contributed by atoms with Crippen molar-refractivity contribution in [2.45, 2.75) is 72.1 Å². The Morgan fingerprint density at radius 2 is 1.74 bits per heavy atom. The minimum absolute atomic E-state index is 0.310. The molecule has 31 heavy (non-hydrogen) atoms. The number of aliphatic hydroxyl groups excluding tert-OH is 1. The maximum atomic E-state index is 13.2. The van der Waals surface area contributed by atoms with Crippen molar-refractivity contribution in [3.05, 3.63) is 34.9 Å². The number of aliphatic hydroxyl groups is 1. The number of carbonyl (C=O) groups excluding carboxylic acids is 3. The number of carbonyl (C=O) groups is 3. The Labute approximate surface area is 185 Å². The summed E-state index contributed by atoms with van der Waals surface area (Å²) < 4.78 is 5.19. The number of ether oxygens (including phenoxy) is 1. The van der Waals surface area contributed by atoms with Crippen LogP contribution < -0.4 is 10.6 Å². The molecule has 0 aliphatic rings. The molecule has 1 aromatic rings. The fourth-order valence-electron chi connectivity index (χ4n) is 3.25. The van der Waals surface area contributed by atoms with E-state index in [-0.39, 0.29) is 5.91 Å². The molecule has 3 amide bonds. The Kier molecular flexibility index (Phi) is 9.97. The molecule has 0 saturated heterocycles. The number of aryl methyl sites for hydroxylation is 2. The van der Waals surface area contributed by atoms with Gasteiger partial charge in [0.1, 0.15) is 17.7 Å². The summed E-state index contributed by atoms with van der Waals surface area (Å²) >= 11 is 0. The van der Waals surface area contributed by atoms with E-state index in [1.807, 2.05) is 39.0 Å². The number of amides is 3. The largest absolute Gasteiger partial charge is 0.444 e. The summed E-state index contributed by atoms with van der Waals surface area (Å²) in [6.45, 7) is 10.8. The van der Waals surface area contributed by atoms with Crippen LogP contribution in [0.5, 0.6) is 0 Å². The van der Waals surface area contributed by atoms with Gasteiger partial charge in [0, 0.05) is 13.6 Å². The third kappa shape index (κ3) is 7.86. The number of hydrogen-bond donors (Lipinski definition) is 3. The summed E-state index contributed by atoms with van der Waals surface area (Å²) in [5, 5.41) is 15.0. The number of alkyl carbamates (subject to hydrolysis) is 1. The normalized spacial score (nSPS) is 13.2. The highest BCUT2D eigenvalue weighted by molar-refractivity contribution is 5.92. The van der Waals surface area contributed by atoms with Crippen LogP contribution in [-0.4, -0.2) is 59.8 Å². The smallest absolute Gasteiger partial charge is 0.408 e. The predicted molar refractivity (Wildman–Crippen MR) is 120 cm³/mol. The van der Waals surface area contributed by atoms with Crippen LogP contribution in [-0.2, 0) is 14.3 Å². The summed E-state index contributed by atoms with van der Waals surface area (Å²) in [5.74, 6) is -0.901. The summed E-state index contributed by atoms with van der Waals surface area (Å²) in [4.78, 5) is 39.7. The van der Waals surface area contributed by atoms with Crippen molar-refractivity contribution >= 4 is 17.9 Å². The van der Waals surface area contributed by atoms with Crippen molar-refractivity contribution in [1.29, 1.82) is 0 Å². The fourth-order valence-corrected chi connectivity index (χ4v) is 3.25. The van der Waals surface area contributed by atoms with Gasteiger partial charge in [-0.3, -0.25) is 9.59 Å². The number of benzene rings is 1. The summed E-state index contributed by atoms with van der Waals surface area (Å²) in [7, 11) is 1.50. The minimum atomic E-state index is -1.24. The fraction of sp³-hybridized carbons (Fsp3) is 0.609. The zero-order valence-corrected chi connectivity index (χ0v) is 19.7. The van der Waals surface area contributed by atoms with Crippen LogP contribution in [0.3, 0.4) is 0 Å². The first-order chi connectivity index (χ1) is 14.4. The Morgan fingerprint density at radius 3 is 2.23 bits per heavy atom. The van der Waals surface area contributed by atoms with Crippen molar-refractivity contribution in [2.24, 2.45) is 0 Å². The standard InChI is InChI=1S/C23H37N3O5/c1-8-9-13-24-20(28)19(18-15(2)11-10-12-16(18)3)26(7)21(29)17(14-27)25-22(30)31-23(4,5)6/h10-12,17,19,27H,8-9,13-14H2,1-7H3,(H,24,28)(H,25,30). The Hall–Kier alpha value is -2.61. The topological polar surface area (TPSA) is 108 Å². The van der Waals surface area contributed by atoms with Gasteiger partial charge in [0.25, 0.3) is 0 Å². The molecular weight excluding hydrogens is 398 g/mol. The maximum Gasteiger partial charge on any atom is 0.408 e. The Bertz CT molecular complexity index is 753. The molecule has 2 unspecified atom stereocenters. The van der Waals surface area contributed by atoms with Crippen molar-refractivity contribution in [3.8, 4) is 0 Å². The average molecular weight is 436 g/mol. The van der Waals surface area contributed by atoms with Gasteiger partial charge in [0.05, 0.1) is 6.61 Å². The molecule has 0 aliphatic carbocycles. The molecule has 2 atom stereocenters. The molecule has 174 valence electrons. The molecular formula is C23H37N3O5. The molecule has 0 aliphatic heterocycles. The zero-order chi connectivity index (χ0) is 23.8. The highest BCUT2D eigenvalue weighted by Gasteiger charge is 2.35. The lowest BCUT2D eigenvalue weighted by Crippen LogP contribution is -2.53. The highest BCUT2D eigenvalue weighted by atomic mass is 16.6. The molecule has 0 heterocycles. The molecule has 0 saturated carbocycles. The van der Waals surface area contributed by atoms with E-state index in [0.29, 0.717) is 6.54 Å². The van der Waals surface area contributed by atoms with E-state index in [2.05, 4.69) is 10.6 Å². The first-order valence-corrected chi connectivity index (χ1v) is 10.6. The van der Waals surface area contributed by atoms with Crippen LogP contribution in [0.2, 0.25) is 0 Å². The molecule has 8 nitrogen and oxygen atoms in total. The van der Waals surface area contributed by atoms with Crippen LogP contribution in [0.1, 0.15) is 63.3 Å². The molecule has 8 heteroatoms. The van der Waals surface area contributed by atoms with E-state index in [4.69, 9.17) is 4.74 Å². The first kappa shape index (κ1) is 26.4. The van der Waals surface area contributed by atoms with Crippen LogP contribution in [0.15, 0.2) is 18.2 Å². The number of hydrogen-bond acceptors (Lipinski definition) is 5. The summed E-state index contributed by atoms with van der Waals surface area (Å²) in [5.41, 5.74) is 1.71. The van der Waals surface area contributed by atoms with Gasteiger partial charge in [0.15, 0.2) is 0 Å². The lowest BCUT2D eigenvalue weighted by molar-refractivity contribution is -0.141. The van der Waals surface area contributed by atoms with Crippen molar-refractivity contribution in [2.75, 3.05) is 20.2 Å².